The van der Waals surface area contributed by atoms with Crippen LogP contribution in [0, 0.1) is 11.3 Å². The molecule has 156 valence electrons. The van der Waals surface area contributed by atoms with Crippen LogP contribution in [0.5, 0.6) is 17.2 Å². The minimum atomic E-state index is -0.655. The summed E-state index contributed by atoms with van der Waals surface area (Å²) in [6, 6.07) is 15.0. The lowest BCUT2D eigenvalue weighted by Crippen LogP contribution is -2.44. The molecule has 1 fully saturated rings. The summed E-state index contributed by atoms with van der Waals surface area (Å²) in [6.45, 7) is 3.40. The van der Waals surface area contributed by atoms with Gasteiger partial charge in [0.1, 0.15) is 19.0 Å². The van der Waals surface area contributed by atoms with Crippen LogP contribution in [-0.2, 0) is 10.2 Å². The Kier molecular flexibility index (Phi) is 5.80. The third-order valence-electron chi connectivity index (χ3n) is 5.96. The molecule has 2 aromatic rings. The second kappa shape index (κ2) is 8.66. The molecule has 1 N–H and O–H groups in total. The Labute approximate surface area is 176 Å². The predicted octanol–water partition coefficient (Wildman–Crippen LogP) is 3.72. The summed E-state index contributed by atoms with van der Waals surface area (Å²) in [5, 5.41) is 12.1. The third kappa shape index (κ3) is 4.20. The van der Waals surface area contributed by atoms with E-state index in [0.29, 0.717) is 31.1 Å². The SMILES string of the molecule is CC(Oc1cccc(C#N)c1)C(=O)NCC1(c2ccc3c(c2)OCCO3)CCCC1. The molecule has 1 aliphatic heterocycles. The van der Waals surface area contributed by atoms with Crippen molar-refractivity contribution in [2.45, 2.75) is 44.1 Å². The van der Waals surface area contributed by atoms with Gasteiger partial charge < -0.3 is 19.5 Å². The quantitative estimate of drug-likeness (QED) is 0.791. The third-order valence-corrected chi connectivity index (χ3v) is 5.96. The first-order valence-electron chi connectivity index (χ1n) is 10.4. The zero-order chi connectivity index (χ0) is 21.0. The van der Waals surface area contributed by atoms with Gasteiger partial charge in [-0.1, -0.05) is 25.0 Å². The first-order valence-corrected chi connectivity index (χ1v) is 10.4. The molecule has 1 aliphatic carbocycles. The number of hydrogen-bond donors (Lipinski definition) is 1. The molecule has 2 aliphatic rings. The number of fused-ring (bicyclic) bond motifs is 1. The summed E-state index contributed by atoms with van der Waals surface area (Å²) in [5.41, 5.74) is 1.58. The van der Waals surface area contributed by atoms with Gasteiger partial charge in [-0.25, -0.2) is 0 Å². The monoisotopic (exact) mass is 406 g/mol. The predicted molar refractivity (Wildman–Crippen MR) is 112 cm³/mol. The summed E-state index contributed by atoms with van der Waals surface area (Å²) in [7, 11) is 0. The summed E-state index contributed by atoms with van der Waals surface area (Å²) in [5.74, 6) is 1.91. The van der Waals surface area contributed by atoms with E-state index in [1.54, 1.807) is 31.2 Å². The fourth-order valence-corrected chi connectivity index (χ4v) is 4.29. The molecule has 4 rings (SSSR count). The topological polar surface area (TPSA) is 80.6 Å². The molecule has 0 bridgehead atoms. The lowest BCUT2D eigenvalue weighted by Gasteiger charge is -2.31. The van der Waals surface area contributed by atoms with Gasteiger partial charge in [-0.2, -0.15) is 5.26 Å². The molecule has 0 spiro atoms. The van der Waals surface area contributed by atoms with Crippen molar-refractivity contribution in [1.29, 1.82) is 5.26 Å². The van der Waals surface area contributed by atoms with E-state index in [4.69, 9.17) is 19.5 Å². The minimum Gasteiger partial charge on any atom is -0.486 e. The van der Waals surface area contributed by atoms with Crippen molar-refractivity contribution >= 4 is 5.91 Å². The highest BCUT2D eigenvalue weighted by molar-refractivity contribution is 5.80. The Morgan fingerprint density at radius 2 is 1.93 bits per heavy atom. The Balaban J connectivity index is 1.43. The van der Waals surface area contributed by atoms with Gasteiger partial charge in [0, 0.05) is 12.0 Å². The highest BCUT2D eigenvalue weighted by Crippen LogP contribution is 2.43. The molecule has 6 nitrogen and oxygen atoms in total. The van der Waals surface area contributed by atoms with E-state index in [2.05, 4.69) is 23.5 Å². The maximum absolute atomic E-state index is 12.7. The average Bonchev–Trinajstić information content (AvgIpc) is 3.27. The van der Waals surface area contributed by atoms with Crippen molar-refractivity contribution in [3.05, 3.63) is 53.6 Å². The van der Waals surface area contributed by atoms with Gasteiger partial charge in [-0.05, 0) is 55.7 Å². The molecule has 2 aromatic carbocycles. The summed E-state index contributed by atoms with van der Waals surface area (Å²) in [4.78, 5) is 12.7. The van der Waals surface area contributed by atoms with E-state index in [-0.39, 0.29) is 11.3 Å². The zero-order valence-corrected chi connectivity index (χ0v) is 17.1. The highest BCUT2D eigenvalue weighted by Gasteiger charge is 2.37. The number of carbonyl (C=O) groups excluding carboxylic acids is 1. The molecule has 1 heterocycles. The molecule has 0 saturated heterocycles. The van der Waals surface area contributed by atoms with Crippen molar-refractivity contribution in [2.75, 3.05) is 19.8 Å². The van der Waals surface area contributed by atoms with Crippen LogP contribution in [-0.4, -0.2) is 31.8 Å². The molecule has 0 radical (unpaired) electrons. The van der Waals surface area contributed by atoms with E-state index in [9.17, 15) is 4.79 Å². The maximum atomic E-state index is 12.7. The van der Waals surface area contributed by atoms with Gasteiger partial charge in [0.15, 0.2) is 17.6 Å². The summed E-state index contributed by atoms with van der Waals surface area (Å²) in [6.07, 6.45) is 3.66. The van der Waals surface area contributed by atoms with Crippen molar-refractivity contribution in [3.8, 4) is 23.3 Å². The minimum absolute atomic E-state index is 0.105. The van der Waals surface area contributed by atoms with Crippen molar-refractivity contribution in [3.63, 3.8) is 0 Å². The number of hydrogen-bond acceptors (Lipinski definition) is 5. The van der Waals surface area contributed by atoms with E-state index in [1.165, 1.54) is 5.56 Å². The maximum Gasteiger partial charge on any atom is 0.260 e. The number of nitrogens with zero attached hydrogens (tertiary/aromatic N) is 1. The Morgan fingerprint density at radius 3 is 2.70 bits per heavy atom. The lowest BCUT2D eigenvalue weighted by molar-refractivity contribution is -0.127. The van der Waals surface area contributed by atoms with Crippen LogP contribution in [0.2, 0.25) is 0 Å². The number of rotatable bonds is 6. The first-order chi connectivity index (χ1) is 14.6. The normalized spacial score (nSPS) is 17.6. The van der Waals surface area contributed by atoms with Crippen LogP contribution in [0.25, 0.3) is 0 Å². The van der Waals surface area contributed by atoms with Crippen LogP contribution in [0.1, 0.15) is 43.7 Å². The smallest absolute Gasteiger partial charge is 0.260 e. The number of ether oxygens (including phenoxy) is 3. The fraction of sp³-hybridized carbons (Fsp3) is 0.417. The van der Waals surface area contributed by atoms with Crippen LogP contribution >= 0.6 is 0 Å². The zero-order valence-electron chi connectivity index (χ0n) is 17.1. The molecule has 1 saturated carbocycles. The van der Waals surface area contributed by atoms with Crippen LogP contribution in [0.4, 0.5) is 0 Å². The van der Waals surface area contributed by atoms with Gasteiger partial charge >= 0.3 is 0 Å². The van der Waals surface area contributed by atoms with E-state index in [0.717, 1.165) is 37.2 Å². The molecule has 1 atom stereocenters. The molecule has 6 heteroatoms. The first kappa shape index (κ1) is 20.1. The van der Waals surface area contributed by atoms with Crippen LogP contribution in [0.3, 0.4) is 0 Å². The van der Waals surface area contributed by atoms with E-state index < -0.39 is 6.10 Å². The lowest BCUT2D eigenvalue weighted by atomic mass is 9.78. The highest BCUT2D eigenvalue weighted by atomic mass is 16.6. The van der Waals surface area contributed by atoms with E-state index >= 15 is 0 Å². The molecule has 1 amide bonds. The molecular weight excluding hydrogens is 380 g/mol. The van der Waals surface area contributed by atoms with Crippen LogP contribution < -0.4 is 19.5 Å². The standard InChI is InChI=1S/C24H26N2O4/c1-17(30-20-6-4-5-18(13-20)15-25)23(27)26-16-24(9-2-3-10-24)19-7-8-21-22(14-19)29-12-11-28-21/h4-8,13-14,17H,2-3,9-12,16H2,1H3,(H,26,27). The number of nitrogens with one attached hydrogen (secondary N) is 1. The molecular formula is C24H26N2O4. The number of carbonyl (C=O) groups is 1. The van der Waals surface area contributed by atoms with Crippen LogP contribution in [0.15, 0.2) is 42.5 Å². The van der Waals surface area contributed by atoms with Crippen molar-refractivity contribution in [1.82, 2.24) is 5.32 Å². The van der Waals surface area contributed by atoms with Gasteiger partial charge in [0.05, 0.1) is 11.6 Å². The fourth-order valence-electron chi connectivity index (χ4n) is 4.29. The Bertz CT molecular complexity index is 960. The van der Waals surface area contributed by atoms with Crippen molar-refractivity contribution < 1.29 is 19.0 Å². The van der Waals surface area contributed by atoms with Gasteiger partial charge in [0.2, 0.25) is 0 Å². The molecule has 0 aromatic heterocycles. The Hall–Kier alpha value is -3.20. The van der Waals surface area contributed by atoms with Gasteiger partial charge in [0.25, 0.3) is 5.91 Å². The van der Waals surface area contributed by atoms with Gasteiger partial charge in [-0.15, -0.1) is 0 Å². The number of benzene rings is 2. The second-order valence-electron chi connectivity index (χ2n) is 7.96. The average molecular weight is 406 g/mol. The summed E-state index contributed by atoms with van der Waals surface area (Å²) >= 11 is 0. The molecule has 1 unspecified atom stereocenters. The van der Waals surface area contributed by atoms with Crippen molar-refractivity contribution in [2.24, 2.45) is 0 Å². The Morgan fingerprint density at radius 1 is 1.17 bits per heavy atom. The largest absolute Gasteiger partial charge is 0.486 e. The molecule has 30 heavy (non-hydrogen) atoms. The number of nitriles is 1. The van der Waals surface area contributed by atoms with E-state index in [1.807, 2.05) is 6.07 Å². The second-order valence-corrected chi connectivity index (χ2v) is 7.96. The van der Waals surface area contributed by atoms with Gasteiger partial charge in [-0.3, -0.25) is 4.79 Å². The summed E-state index contributed by atoms with van der Waals surface area (Å²) < 4.78 is 17.2. The number of amides is 1.